The first-order chi connectivity index (χ1) is 12.6. The van der Waals surface area contributed by atoms with Crippen molar-refractivity contribution in [1.82, 2.24) is 14.2 Å². The molecule has 2 aliphatic rings. The smallest absolute Gasteiger partial charge is 0.322 e. The first kappa shape index (κ1) is 19.8. The highest BCUT2D eigenvalue weighted by atomic mass is 32.2. The van der Waals surface area contributed by atoms with Crippen LogP contribution < -0.4 is 10.2 Å². The summed E-state index contributed by atoms with van der Waals surface area (Å²) in [7, 11) is -3.15. The lowest BCUT2D eigenvalue weighted by Crippen LogP contribution is -2.51. The van der Waals surface area contributed by atoms with Gasteiger partial charge in [-0.1, -0.05) is 0 Å². The molecule has 2 saturated heterocycles. The van der Waals surface area contributed by atoms with Crippen molar-refractivity contribution in [3.8, 4) is 0 Å². The van der Waals surface area contributed by atoms with Gasteiger partial charge in [0.05, 0.1) is 36.9 Å². The third-order valence-electron chi connectivity index (χ3n) is 4.74. The van der Waals surface area contributed by atoms with E-state index in [0.717, 1.165) is 5.82 Å². The van der Waals surface area contributed by atoms with Crippen LogP contribution in [0.15, 0.2) is 18.3 Å². The van der Waals surface area contributed by atoms with Crippen LogP contribution >= 0.6 is 0 Å². The maximum Gasteiger partial charge on any atom is 0.322 e. The average Bonchev–Trinajstić information content (AvgIpc) is 2.61. The number of nitrogens with zero attached hydrogens (tertiary/aromatic N) is 4. The van der Waals surface area contributed by atoms with Gasteiger partial charge in [0.25, 0.3) is 0 Å². The topological polar surface area (TPSA) is 95.1 Å². The standard InChI is InChI=1S/C17H27N5O4S/c1-17(2)13-21(10-11-26-17)16(23)19-14-4-5-15(18-12-14)20-6-8-22(9-7-20)27(3,24)25/h4-5,12H,6-11,13H2,1-3H3,(H,19,23). The zero-order valence-electron chi connectivity index (χ0n) is 16.0. The molecule has 0 atom stereocenters. The van der Waals surface area contributed by atoms with E-state index in [1.807, 2.05) is 30.9 Å². The minimum absolute atomic E-state index is 0.164. The number of carbonyl (C=O) groups excluding carboxylic acids is 1. The van der Waals surface area contributed by atoms with Crippen molar-refractivity contribution in [2.75, 3.05) is 62.3 Å². The second kappa shape index (κ2) is 7.61. The lowest BCUT2D eigenvalue weighted by Gasteiger charge is -2.38. The van der Waals surface area contributed by atoms with Crippen LogP contribution in [-0.2, 0) is 14.8 Å². The zero-order chi connectivity index (χ0) is 19.7. The number of anilines is 2. The summed E-state index contributed by atoms with van der Waals surface area (Å²) in [5, 5.41) is 2.87. The van der Waals surface area contributed by atoms with E-state index in [9.17, 15) is 13.2 Å². The van der Waals surface area contributed by atoms with E-state index in [2.05, 4.69) is 10.3 Å². The van der Waals surface area contributed by atoms with Gasteiger partial charge in [-0.2, -0.15) is 4.31 Å². The predicted octanol–water partition coefficient (Wildman–Crippen LogP) is 0.806. The van der Waals surface area contributed by atoms with Crippen molar-refractivity contribution in [1.29, 1.82) is 0 Å². The minimum atomic E-state index is -3.15. The Hall–Kier alpha value is -1.91. The fourth-order valence-electron chi connectivity index (χ4n) is 3.29. The quantitative estimate of drug-likeness (QED) is 0.811. The fourth-order valence-corrected chi connectivity index (χ4v) is 4.11. The molecule has 0 aliphatic carbocycles. The van der Waals surface area contributed by atoms with Gasteiger partial charge in [0.15, 0.2) is 0 Å². The number of urea groups is 1. The Morgan fingerprint density at radius 2 is 1.89 bits per heavy atom. The number of hydrogen-bond acceptors (Lipinski definition) is 6. The second-order valence-corrected chi connectivity index (χ2v) is 9.50. The van der Waals surface area contributed by atoms with E-state index in [0.29, 0.717) is 51.6 Å². The monoisotopic (exact) mass is 397 g/mol. The third-order valence-corrected chi connectivity index (χ3v) is 6.05. The number of rotatable bonds is 3. The molecular weight excluding hydrogens is 370 g/mol. The Labute approximate surface area is 160 Å². The van der Waals surface area contributed by atoms with Crippen LogP contribution in [0.5, 0.6) is 0 Å². The molecule has 1 N–H and O–H groups in total. The molecule has 0 unspecified atom stereocenters. The summed E-state index contributed by atoms with van der Waals surface area (Å²) in [5.74, 6) is 0.772. The molecule has 27 heavy (non-hydrogen) atoms. The predicted molar refractivity (Wildman–Crippen MR) is 103 cm³/mol. The largest absolute Gasteiger partial charge is 0.372 e. The molecule has 3 heterocycles. The van der Waals surface area contributed by atoms with E-state index < -0.39 is 10.0 Å². The minimum Gasteiger partial charge on any atom is -0.372 e. The highest BCUT2D eigenvalue weighted by Crippen LogP contribution is 2.19. The summed E-state index contributed by atoms with van der Waals surface area (Å²) in [6.45, 7) is 7.64. The maximum atomic E-state index is 12.4. The highest BCUT2D eigenvalue weighted by Gasteiger charge is 2.30. The van der Waals surface area contributed by atoms with Crippen molar-refractivity contribution in [2.24, 2.45) is 0 Å². The molecule has 3 rings (SSSR count). The number of aromatic nitrogens is 1. The Bertz CT molecular complexity index is 773. The molecule has 2 fully saturated rings. The van der Waals surface area contributed by atoms with Crippen molar-refractivity contribution in [2.45, 2.75) is 19.4 Å². The molecular formula is C17H27N5O4S. The number of piperazine rings is 1. The van der Waals surface area contributed by atoms with Crippen molar-refractivity contribution >= 4 is 27.6 Å². The first-order valence-electron chi connectivity index (χ1n) is 9.00. The van der Waals surface area contributed by atoms with Gasteiger partial charge >= 0.3 is 6.03 Å². The number of nitrogens with one attached hydrogen (secondary N) is 1. The van der Waals surface area contributed by atoms with E-state index >= 15 is 0 Å². The van der Waals surface area contributed by atoms with Gasteiger partial charge in [0.2, 0.25) is 10.0 Å². The number of carbonyl (C=O) groups is 1. The first-order valence-corrected chi connectivity index (χ1v) is 10.8. The summed E-state index contributed by atoms with van der Waals surface area (Å²) in [6.07, 6.45) is 2.86. The van der Waals surface area contributed by atoms with Gasteiger partial charge in [-0.15, -0.1) is 0 Å². The van der Waals surface area contributed by atoms with Crippen LogP contribution in [0.2, 0.25) is 0 Å². The average molecular weight is 398 g/mol. The van der Waals surface area contributed by atoms with Crippen LogP contribution in [0.3, 0.4) is 0 Å². The van der Waals surface area contributed by atoms with Gasteiger partial charge in [-0.25, -0.2) is 18.2 Å². The lowest BCUT2D eigenvalue weighted by atomic mass is 10.1. The van der Waals surface area contributed by atoms with E-state index in [-0.39, 0.29) is 11.6 Å². The fraction of sp³-hybridized carbons (Fsp3) is 0.647. The summed E-state index contributed by atoms with van der Waals surface area (Å²) in [6, 6.07) is 3.49. The van der Waals surface area contributed by atoms with Gasteiger partial charge in [0.1, 0.15) is 5.82 Å². The van der Waals surface area contributed by atoms with E-state index in [4.69, 9.17) is 4.74 Å². The van der Waals surface area contributed by atoms with Crippen LogP contribution in [0, 0.1) is 0 Å². The van der Waals surface area contributed by atoms with Crippen molar-refractivity contribution in [3.63, 3.8) is 0 Å². The number of sulfonamides is 1. The number of hydrogen-bond donors (Lipinski definition) is 1. The molecule has 0 saturated carbocycles. The molecule has 0 spiro atoms. The number of morpholine rings is 1. The summed E-state index contributed by atoms with van der Waals surface area (Å²) >= 11 is 0. The molecule has 10 heteroatoms. The maximum absolute atomic E-state index is 12.4. The van der Waals surface area contributed by atoms with Gasteiger partial charge < -0.3 is 19.9 Å². The van der Waals surface area contributed by atoms with Crippen molar-refractivity contribution in [3.05, 3.63) is 18.3 Å². The Balaban J connectivity index is 1.56. The molecule has 0 radical (unpaired) electrons. The van der Waals surface area contributed by atoms with Crippen LogP contribution in [-0.4, -0.2) is 86.4 Å². The Kier molecular flexibility index (Phi) is 5.59. The molecule has 0 bridgehead atoms. The molecule has 150 valence electrons. The zero-order valence-corrected chi connectivity index (χ0v) is 16.8. The molecule has 2 aliphatic heterocycles. The van der Waals surface area contributed by atoms with Crippen LogP contribution in [0.4, 0.5) is 16.3 Å². The molecule has 2 amide bonds. The lowest BCUT2D eigenvalue weighted by molar-refractivity contribution is -0.0720. The van der Waals surface area contributed by atoms with E-state index in [1.54, 1.807) is 11.1 Å². The second-order valence-electron chi connectivity index (χ2n) is 7.51. The SMILES string of the molecule is CC1(C)CN(C(=O)Nc2ccc(N3CCN(S(C)(=O)=O)CC3)nc2)CCO1. The van der Waals surface area contributed by atoms with Crippen LogP contribution in [0.1, 0.15) is 13.8 Å². The molecule has 9 nitrogen and oxygen atoms in total. The van der Waals surface area contributed by atoms with Crippen LogP contribution in [0.25, 0.3) is 0 Å². The van der Waals surface area contributed by atoms with Gasteiger partial charge in [-0.05, 0) is 26.0 Å². The summed E-state index contributed by atoms with van der Waals surface area (Å²) in [4.78, 5) is 20.6. The Morgan fingerprint density at radius 3 is 2.44 bits per heavy atom. The van der Waals surface area contributed by atoms with E-state index in [1.165, 1.54) is 10.6 Å². The van der Waals surface area contributed by atoms with Gasteiger partial charge in [-0.3, -0.25) is 0 Å². The molecule has 1 aromatic heterocycles. The number of amides is 2. The number of pyridine rings is 1. The molecule has 0 aromatic carbocycles. The third kappa shape index (κ3) is 5.08. The van der Waals surface area contributed by atoms with Crippen molar-refractivity contribution < 1.29 is 17.9 Å². The van der Waals surface area contributed by atoms with Gasteiger partial charge in [0, 0.05) is 32.7 Å². The summed E-state index contributed by atoms with van der Waals surface area (Å²) in [5.41, 5.74) is 0.286. The number of ether oxygens (including phenoxy) is 1. The highest BCUT2D eigenvalue weighted by molar-refractivity contribution is 7.88. The summed E-state index contributed by atoms with van der Waals surface area (Å²) < 4.78 is 30.3. The molecule has 1 aromatic rings. The normalized spacial score (nSPS) is 21.1. The Morgan fingerprint density at radius 1 is 1.19 bits per heavy atom.